The van der Waals surface area contributed by atoms with Crippen LogP contribution < -0.4 is 10.6 Å². The number of carbonyl (C=O) groups excluding carboxylic acids is 1. The van der Waals surface area contributed by atoms with Crippen molar-refractivity contribution in [2.75, 3.05) is 37.4 Å². The average Bonchev–Trinajstić information content (AvgIpc) is 2.66. The van der Waals surface area contributed by atoms with Gasteiger partial charge in [0.25, 0.3) is 0 Å². The van der Waals surface area contributed by atoms with Gasteiger partial charge in [0.05, 0.1) is 24.9 Å². The molecule has 2 rings (SSSR count). The highest BCUT2D eigenvalue weighted by Crippen LogP contribution is 2.33. The molecule has 1 amide bonds. The van der Waals surface area contributed by atoms with Crippen molar-refractivity contribution in [2.45, 2.75) is 52.0 Å². The van der Waals surface area contributed by atoms with E-state index in [1.54, 1.807) is 0 Å². The standard InChI is InChI=1S/C21H33N3O4/c1-14(2)13-24(17-7-9-23(10-8-17)21(26)27)19-6-5-16(12-18(19)22)15(3)11-20(25)28-4/h5-6,12,14-15,17H,7-11,13,22H2,1-4H3,(H,26,27). The number of carbonyl (C=O) groups is 2. The molecule has 1 aromatic rings. The maximum Gasteiger partial charge on any atom is 0.407 e. The Balaban J connectivity index is 2.19. The first-order chi connectivity index (χ1) is 13.2. The maximum absolute atomic E-state index is 11.6. The zero-order valence-electron chi connectivity index (χ0n) is 17.4. The van der Waals surface area contributed by atoms with Gasteiger partial charge in [-0.1, -0.05) is 26.8 Å². The first kappa shape index (κ1) is 21.9. The molecule has 7 heteroatoms. The molecule has 1 heterocycles. The van der Waals surface area contributed by atoms with Crippen LogP contribution >= 0.6 is 0 Å². The van der Waals surface area contributed by atoms with E-state index in [1.807, 2.05) is 25.1 Å². The van der Waals surface area contributed by atoms with E-state index in [-0.39, 0.29) is 17.9 Å². The molecule has 1 atom stereocenters. The van der Waals surface area contributed by atoms with Crippen LogP contribution in [0.5, 0.6) is 0 Å². The van der Waals surface area contributed by atoms with E-state index in [9.17, 15) is 14.7 Å². The molecule has 0 saturated carbocycles. The molecular formula is C21H33N3O4. The van der Waals surface area contributed by atoms with E-state index in [4.69, 9.17) is 10.5 Å². The van der Waals surface area contributed by atoms with Crippen LogP contribution in [0.3, 0.4) is 0 Å². The Hall–Kier alpha value is -2.44. The summed E-state index contributed by atoms with van der Waals surface area (Å²) in [6.45, 7) is 8.27. The molecule has 7 nitrogen and oxygen atoms in total. The van der Waals surface area contributed by atoms with Gasteiger partial charge in [0.15, 0.2) is 0 Å². The zero-order chi connectivity index (χ0) is 20.8. The second-order valence-electron chi connectivity index (χ2n) is 8.05. The fourth-order valence-corrected chi connectivity index (χ4v) is 3.80. The molecule has 1 saturated heterocycles. The molecule has 1 unspecified atom stereocenters. The second kappa shape index (κ2) is 9.66. The van der Waals surface area contributed by atoms with Crippen LogP contribution in [0, 0.1) is 5.92 Å². The molecule has 0 spiro atoms. The molecule has 0 aromatic heterocycles. The number of nitrogens with zero attached hydrogens (tertiary/aromatic N) is 2. The van der Waals surface area contributed by atoms with Crippen LogP contribution in [0.2, 0.25) is 0 Å². The largest absolute Gasteiger partial charge is 0.469 e. The number of anilines is 2. The van der Waals surface area contributed by atoms with Crippen LogP contribution in [0.1, 0.15) is 51.5 Å². The quantitative estimate of drug-likeness (QED) is 0.545. The number of nitrogens with two attached hydrogens (primary N) is 1. The van der Waals surface area contributed by atoms with Gasteiger partial charge in [-0.05, 0) is 42.4 Å². The lowest BCUT2D eigenvalue weighted by Gasteiger charge is -2.40. The molecule has 28 heavy (non-hydrogen) atoms. The number of rotatable bonds is 7. The van der Waals surface area contributed by atoms with Gasteiger partial charge in [-0.25, -0.2) is 4.79 Å². The van der Waals surface area contributed by atoms with Crippen molar-refractivity contribution in [3.05, 3.63) is 23.8 Å². The molecule has 1 aliphatic rings. The Morgan fingerprint density at radius 2 is 1.93 bits per heavy atom. The van der Waals surface area contributed by atoms with Crippen molar-refractivity contribution >= 4 is 23.4 Å². The summed E-state index contributed by atoms with van der Waals surface area (Å²) in [7, 11) is 1.39. The smallest absolute Gasteiger partial charge is 0.407 e. The van der Waals surface area contributed by atoms with Gasteiger partial charge < -0.3 is 25.4 Å². The number of amides is 1. The highest BCUT2D eigenvalue weighted by atomic mass is 16.5. The summed E-state index contributed by atoms with van der Waals surface area (Å²) >= 11 is 0. The van der Waals surface area contributed by atoms with Crippen molar-refractivity contribution in [3.8, 4) is 0 Å². The van der Waals surface area contributed by atoms with E-state index >= 15 is 0 Å². The van der Waals surface area contributed by atoms with E-state index < -0.39 is 6.09 Å². The second-order valence-corrected chi connectivity index (χ2v) is 8.05. The van der Waals surface area contributed by atoms with Crippen LogP contribution in [-0.2, 0) is 9.53 Å². The lowest BCUT2D eigenvalue weighted by Crippen LogP contribution is -2.47. The van der Waals surface area contributed by atoms with Gasteiger partial charge in [-0.15, -0.1) is 0 Å². The molecule has 0 radical (unpaired) electrons. The molecular weight excluding hydrogens is 358 g/mol. The number of ether oxygens (including phenoxy) is 1. The average molecular weight is 392 g/mol. The Bertz CT molecular complexity index is 684. The zero-order valence-corrected chi connectivity index (χ0v) is 17.4. The molecule has 1 fully saturated rings. The molecule has 1 aliphatic heterocycles. The minimum atomic E-state index is -0.850. The monoisotopic (exact) mass is 391 g/mol. The fraction of sp³-hybridized carbons (Fsp3) is 0.619. The third-order valence-electron chi connectivity index (χ3n) is 5.37. The van der Waals surface area contributed by atoms with E-state index in [2.05, 4.69) is 18.7 Å². The lowest BCUT2D eigenvalue weighted by atomic mass is 9.95. The van der Waals surface area contributed by atoms with E-state index in [0.717, 1.165) is 30.6 Å². The Kier molecular flexibility index (Phi) is 7.54. The predicted molar refractivity (Wildman–Crippen MR) is 111 cm³/mol. The van der Waals surface area contributed by atoms with Crippen LogP contribution in [0.25, 0.3) is 0 Å². The summed E-state index contributed by atoms with van der Waals surface area (Å²) in [5.74, 6) is 0.248. The van der Waals surface area contributed by atoms with Crippen molar-refractivity contribution in [1.29, 1.82) is 0 Å². The van der Waals surface area contributed by atoms with Crippen LogP contribution in [0.15, 0.2) is 18.2 Å². The Morgan fingerprint density at radius 1 is 1.29 bits per heavy atom. The molecule has 3 N–H and O–H groups in total. The van der Waals surface area contributed by atoms with Gasteiger partial charge in [0.1, 0.15) is 0 Å². The number of carboxylic acid groups (broad SMARTS) is 1. The number of nitrogen functional groups attached to an aromatic ring is 1. The summed E-state index contributed by atoms with van der Waals surface area (Å²) < 4.78 is 4.76. The summed E-state index contributed by atoms with van der Waals surface area (Å²) in [6, 6.07) is 6.27. The van der Waals surface area contributed by atoms with Crippen molar-refractivity contribution < 1.29 is 19.4 Å². The summed E-state index contributed by atoms with van der Waals surface area (Å²) in [5, 5.41) is 9.19. The predicted octanol–water partition coefficient (Wildman–Crippen LogP) is 3.54. The Labute approximate surface area is 167 Å². The summed E-state index contributed by atoms with van der Waals surface area (Å²) in [5.41, 5.74) is 9.10. The van der Waals surface area contributed by atoms with E-state index in [0.29, 0.717) is 31.1 Å². The topological polar surface area (TPSA) is 96.1 Å². The van der Waals surface area contributed by atoms with Crippen molar-refractivity contribution in [3.63, 3.8) is 0 Å². The number of methoxy groups -OCH3 is 1. The minimum Gasteiger partial charge on any atom is -0.469 e. The molecule has 0 aliphatic carbocycles. The number of hydrogen-bond donors (Lipinski definition) is 2. The van der Waals surface area contributed by atoms with Gasteiger partial charge in [-0.2, -0.15) is 0 Å². The molecule has 0 bridgehead atoms. The summed E-state index contributed by atoms with van der Waals surface area (Å²) in [4.78, 5) is 26.5. The van der Waals surface area contributed by atoms with Crippen molar-refractivity contribution in [1.82, 2.24) is 4.90 Å². The minimum absolute atomic E-state index is 0.0288. The third kappa shape index (κ3) is 5.53. The van der Waals surface area contributed by atoms with Crippen molar-refractivity contribution in [2.24, 2.45) is 5.92 Å². The fourth-order valence-electron chi connectivity index (χ4n) is 3.80. The molecule has 156 valence electrons. The normalized spacial score (nSPS) is 16.1. The highest BCUT2D eigenvalue weighted by Gasteiger charge is 2.28. The van der Waals surface area contributed by atoms with Crippen LogP contribution in [-0.4, -0.2) is 54.9 Å². The van der Waals surface area contributed by atoms with E-state index in [1.165, 1.54) is 12.0 Å². The first-order valence-corrected chi connectivity index (χ1v) is 9.93. The van der Waals surface area contributed by atoms with Gasteiger partial charge in [-0.3, -0.25) is 4.79 Å². The van der Waals surface area contributed by atoms with Crippen LogP contribution in [0.4, 0.5) is 16.2 Å². The number of esters is 1. The Morgan fingerprint density at radius 3 is 2.43 bits per heavy atom. The third-order valence-corrected chi connectivity index (χ3v) is 5.37. The summed E-state index contributed by atoms with van der Waals surface area (Å²) in [6.07, 6.45) is 1.05. The van der Waals surface area contributed by atoms with Gasteiger partial charge in [0.2, 0.25) is 0 Å². The SMILES string of the molecule is COC(=O)CC(C)c1ccc(N(CC(C)C)C2CCN(C(=O)O)CC2)c(N)c1. The first-order valence-electron chi connectivity index (χ1n) is 9.93. The number of piperidine rings is 1. The van der Waals surface area contributed by atoms with Gasteiger partial charge >= 0.3 is 12.1 Å². The number of benzene rings is 1. The maximum atomic E-state index is 11.6. The lowest BCUT2D eigenvalue weighted by molar-refractivity contribution is -0.140. The molecule has 1 aromatic carbocycles. The highest BCUT2D eigenvalue weighted by molar-refractivity contribution is 5.72. The number of likely N-dealkylation sites (tertiary alicyclic amines) is 1. The number of hydrogen-bond acceptors (Lipinski definition) is 5. The van der Waals surface area contributed by atoms with Gasteiger partial charge in [0, 0.05) is 25.7 Å².